The van der Waals surface area contributed by atoms with Gasteiger partial charge in [0.25, 0.3) is 11.8 Å². The molecule has 1 aliphatic heterocycles. The molecule has 9 heteroatoms. The van der Waals surface area contributed by atoms with Crippen molar-refractivity contribution in [3.8, 4) is 0 Å². The predicted octanol–water partition coefficient (Wildman–Crippen LogP) is 5.50. The van der Waals surface area contributed by atoms with Crippen LogP contribution in [0.25, 0.3) is 10.9 Å². The van der Waals surface area contributed by atoms with Gasteiger partial charge in [0.1, 0.15) is 0 Å². The number of aromatic nitrogens is 2. The third-order valence-electron chi connectivity index (χ3n) is 7.28. The summed E-state index contributed by atoms with van der Waals surface area (Å²) in [5.74, 6) is -2.09. The van der Waals surface area contributed by atoms with Gasteiger partial charge in [0.15, 0.2) is 5.13 Å². The van der Waals surface area contributed by atoms with Crippen LogP contribution in [0.5, 0.6) is 0 Å². The summed E-state index contributed by atoms with van der Waals surface area (Å²) in [5.41, 5.74) is 2.56. The Morgan fingerprint density at radius 1 is 1.19 bits per heavy atom. The maximum absolute atomic E-state index is 13.1. The first-order chi connectivity index (χ1) is 17.3. The third-order valence-corrected chi connectivity index (χ3v) is 8.40. The molecular weight excluding hydrogens is 480 g/mol. The highest BCUT2D eigenvalue weighted by atomic mass is 32.1. The van der Waals surface area contributed by atoms with Crippen molar-refractivity contribution in [3.05, 3.63) is 52.7 Å². The van der Waals surface area contributed by atoms with Crippen molar-refractivity contribution in [2.24, 2.45) is 5.92 Å². The first kappa shape index (κ1) is 25.0. The first-order valence-electron chi connectivity index (χ1n) is 12.8. The number of fused-ring (bicyclic) bond motifs is 2. The van der Waals surface area contributed by atoms with Crippen LogP contribution in [0.3, 0.4) is 0 Å². The monoisotopic (exact) mass is 513 g/mol. The molecule has 5 rings (SSSR count). The number of nitrogens with one attached hydrogen (secondary N) is 2. The molecule has 2 aromatic heterocycles. The lowest BCUT2D eigenvalue weighted by molar-refractivity contribution is 0.0367. The minimum absolute atomic E-state index is 0.0130. The van der Waals surface area contributed by atoms with E-state index in [0.717, 1.165) is 81.7 Å². The fraction of sp³-hybridized carbons (Fsp3) is 0.519. The number of pyridine rings is 1. The molecule has 0 bridgehead atoms. The van der Waals surface area contributed by atoms with Gasteiger partial charge in [-0.2, -0.15) is 0 Å². The maximum atomic E-state index is 13.1. The maximum Gasteiger partial charge on any atom is 0.262 e. The lowest BCUT2D eigenvalue weighted by Crippen LogP contribution is -2.38. The van der Waals surface area contributed by atoms with Crippen molar-refractivity contribution in [1.82, 2.24) is 20.2 Å². The van der Waals surface area contributed by atoms with Crippen LogP contribution in [0.15, 0.2) is 36.5 Å². The van der Waals surface area contributed by atoms with Gasteiger partial charge in [-0.1, -0.05) is 12.1 Å². The zero-order valence-electron chi connectivity index (χ0n) is 20.6. The molecule has 192 valence electrons. The Morgan fingerprint density at radius 3 is 2.83 bits per heavy atom. The van der Waals surface area contributed by atoms with E-state index in [4.69, 9.17) is 0 Å². The van der Waals surface area contributed by atoms with Crippen LogP contribution >= 0.6 is 11.3 Å². The zero-order valence-corrected chi connectivity index (χ0v) is 21.4. The van der Waals surface area contributed by atoms with E-state index in [2.05, 4.69) is 25.5 Å². The number of halogens is 2. The average molecular weight is 514 g/mol. The molecule has 1 saturated carbocycles. The van der Waals surface area contributed by atoms with Gasteiger partial charge in [-0.25, -0.2) is 13.8 Å². The summed E-state index contributed by atoms with van der Waals surface area (Å²) in [6.45, 7) is 3.34. The van der Waals surface area contributed by atoms with Crippen LogP contribution in [0.2, 0.25) is 0 Å². The second-order valence-electron chi connectivity index (χ2n) is 10.2. The summed E-state index contributed by atoms with van der Waals surface area (Å²) >= 11 is 1.51. The predicted molar refractivity (Wildman–Crippen MR) is 140 cm³/mol. The molecule has 6 nitrogen and oxygen atoms in total. The minimum atomic E-state index is -2.74. The van der Waals surface area contributed by atoms with E-state index < -0.39 is 5.92 Å². The van der Waals surface area contributed by atoms with Crippen LogP contribution in [0.1, 0.15) is 60.0 Å². The average Bonchev–Trinajstić information content (AvgIpc) is 3.29. The number of carbonyl (C=O) groups is 1. The Hall–Kier alpha value is -2.65. The lowest BCUT2D eigenvalue weighted by Gasteiger charge is -2.32. The van der Waals surface area contributed by atoms with Crippen LogP contribution in [-0.4, -0.2) is 52.4 Å². The molecular formula is C27H33F2N5OS. The minimum Gasteiger partial charge on any atom is -0.355 e. The van der Waals surface area contributed by atoms with Gasteiger partial charge in [0.2, 0.25) is 0 Å². The van der Waals surface area contributed by atoms with Gasteiger partial charge in [-0.15, -0.1) is 11.3 Å². The van der Waals surface area contributed by atoms with Gasteiger partial charge in [0, 0.05) is 48.1 Å². The van der Waals surface area contributed by atoms with Gasteiger partial charge >= 0.3 is 0 Å². The molecule has 1 fully saturated rings. The molecule has 36 heavy (non-hydrogen) atoms. The largest absolute Gasteiger partial charge is 0.355 e. The van der Waals surface area contributed by atoms with E-state index in [1.165, 1.54) is 16.2 Å². The molecule has 0 atom stereocenters. The number of hydrogen-bond donors (Lipinski definition) is 2. The zero-order chi connectivity index (χ0) is 25.1. The molecule has 0 spiro atoms. The second kappa shape index (κ2) is 10.8. The molecule has 1 amide bonds. The Balaban J connectivity index is 1.06. The van der Waals surface area contributed by atoms with E-state index in [9.17, 15) is 13.6 Å². The number of amides is 1. The SMILES string of the molecule is CC(F)(F)CNc1nc2c(s1)CCN(CC[C@H]1CC[C@H](NC(=O)c3cccc4ncccc34)CC1)C2. The van der Waals surface area contributed by atoms with Crippen LogP contribution in [0, 0.1) is 5.92 Å². The summed E-state index contributed by atoms with van der Waals surface area (Å²) in [6, 6.07) is 9.72. The third kappa shape index (κ3) is 6.18. The topological polar surface area (TPSA) is 70.2 Å². The number of thiazole rings is 1. The Kier molecular flexibility index (Phi) is 7.48. The van der Waals surface area contributed by atoms with Crippen LogP contribution in [-0.2, 0) is 13.0 Å². The number of alkyl halides is 2. The van der Waals surface area contributed by atoms with E-state index in [0.29, 0.717) is 16.6 Å². The number of anilines is 1. The molecule has 1 aromatic carbocycles. The number of carbonyl (C=O) groups excluding carboxylic acids is 1. The van der Waals surface area contributed by atoms with Crippen molar-refractivity contribution in [1.29, 1.82) is 0 Å². The second-order valence-corrected chi connectivity index (χ2v) is 11.3. The highest BCUT2D eigenvalue weighted by Gasteiger charge is 2.26. The molecule has 1 aliphatic carbocycles. The van der Waals surface area contributed by atoms with Crippen molar-refractivity contribution in [2.75, 3.05) is 25.0 Å². The van der Waals surface area contributed by atoms with Crippen LogP contribution < -0.4 is 10.6 Å². The van der Waals surface area contributed by atoms with Gasteiger partial charge in [-0.05, 0) is 69.2 Å². The summed E-state index contributed by atoms with van der Waals surface area (Å²) in [5, 5.41) is 7.52. The van der Waals surface area contributed by atoms with E-state index in [1.807, 2.05) is 30.3 Å². The summed E-state index contributed by atoms with van der Waals surface area (Å²) in [7, 11) is 0. The van der Waals surface area contributed by atoms with E-state index in [-0.39, 0.29) is 18.5 Å². The first-order valence-corrected chi connectivity index (χ1v) is 13.6. The summed E-state index contributed by atoms with van der Waals surface area (Å²) in [6.07, 6.45) is 8.08. The lowest BCUT2D eigenvalue weighted by atomic mass is 9.84. The van der Waals surface area contributed by atoms with Gasteiger partial charge in [-0.3, -0.25) is 14.7 Å². The van der Waals surface area contributed by atoms with Crippen molar-refractivity contribution in [3.63, 3.8) is 0 Å². The molecule has 0 radical (unpaired) electrons. The summed E-state index contributed by atoms with van der Waals surface area (Å²) < 4.78 is 26.3. The van der Waals surface area contributed by atoms with E-state index in [1.54, 1.807) is 6.20 Å². The number of nitrogens with zero attached hydrogens (tertiary/aromatic N) is 3. The van der Waals surface area contributed by atoms with E-state index >= 15 is 0 Å². The molecule has 2 N–H and O–H groups in total. The molecule has 3 heterocycles. The van der Waals surface area contributed by atoms with Crippen molar-refractivity contribution in [2.45, 2.75) is 64.0 Å². The fourth-order valence-corrected chi connectivity index (χ4v) is 6.23. The highest BCUT2D eigenvalue weighted by Crippen LogP contribution is 2.31. The Morgan fingerprint density at radius 2 is 2.03 bits per heavy atom. The molecule has 0 saturated heterocycles. The van der Waals surface area contributed by atoms with Gasteiger partial charge in [0.05, 0.1) is 17.8 Å². The normalized spacial score (nSPS) is 20.8. The number of rotatable bonds is 8. The Labute approximate surface area is 214 Å². The van der Waals surface area contributed by atoms with Crippen LogP contribution in [0.4, 0.5) is 13.9 Å². The number of benzene rings is 1. The molecule has 2 aliphatic rings. The number of hydrogen-bond acceptors (Lipinski definition) is 6. The highest BCUT2D eigenvalue weighted by molar-refractivity contribution is 7.15. The molecule has 3 aromatic rings. The Bertz CT molecular complexity index is 1200. The standard InChI is InChI=1S/C27H33F2N5OS/c1-27(28,29)17-31-26-33-23-16-34(15-12-24(23)36-26)14-11-18-7-9-19(10-8-18)32-25(35)21-4-2-6-22-20(21)5-3-13-30-22/h2-6,13,18-19H,7-12,14-17H2,1H3,(H,31,33)(H,32,35)/t18-,19-. The van der Waals surface area contributed by atoms with Crippen molar-refractivity contribution < 1.29 is 13.6 Å². The smallest absolute Gasteiger partial charge is 0.262 e. The van der Waals surface area contributed by atoms with Crippen molar-refractivity contribution >= 4 is 33.3 Å². The molecule has 0 unspecified atom stereocenters. The quantitative estimate of drug-likeness (QED) is 0.417. The fourth-order valence-electron chi connectivity index (χ4n) is 5.28. The summed E-state index contributed by atoms with van der Waals surface area (Å²) in [4.78, 5) is 25.5. The van der Waals surface area contributed by atoms with Gasteiger partial charge < -0.3 is 10.6 Å².